The number of thioether (sulfide) groups is 1. The fourth-order valence-electron chi connectivity index (χ4n) is 5.65. The lowest BCUT2D eigenvalue weighted by molar-refractivity contribution is -0.150. The van der Waals surface area contributed by atoms with E-state index in [-0.39, 0.29) is 46.1 Å². The highest BCUT2D eigenvalue weighted by Crippen LogP contribution is 2.40. The minimum absolute atomic E-state index is 0.0162. The molecule has 0 bridgehead atoms. The van der Waals surface area contributed by atoms with E-state index in [1.54, 1.807) is 23.2 Å². The number of carboxylic acid groups (broad SMARTS) is 1. The van der Waals surface area contributed by atoms with Gasteiger partial charge in [-0.1, -0.05) is 28.9 Å². The summed E-state index contributed by atoms with van der Waals surface area (Å²) in [6.07, 6.45) is 8.98. The number of aliphatic carboxylic acids is 1. The number of amidine groups is 1. The van der Waals surface area contributed by atoms with Gasteiger partial charge in [0, 0.05) is 40.0 Å². The smallest absolute Gasteiger partial charge is 0.352 e. The van der Waals surface area contributed by atoms with Crippen LogP contribution in [0.2, 0.25) is 5.02 Å². The highest BCUT2D eigenvalue weighted by atomic mass is 35.5. The molecule has 0 spiro atoms. The van der Waals surface area contributed by atoms with Crippen molar-refractivity contribution in [3.63, 3.8) is 0 Å². The number of nitrogens with zero attached hydrogens (tertiary/aromatic N) is 6. The number of hydrogen-bond donors (Lipinski definition) is 4. The summed E-state index contributed by atoms with van der Waals surface area (Å²) in [6.45, 7) is 3.26. The fourth-order valence-corrected chi connectivity index (χ4v) is 7.80. The van der Waals surface area contributed by atoms with Crippen LogP contribution in [-0.4, -0.2) is 98.8 Å². The van der Waals surface area contributed by atoms with Crippen LogP contribution in [0, 0.1) is 5.82 Å². The Hall–Kier alpha value is -5.00. The Morgan fingerprint density at radius 2 is 2.18 bits per heavy atom. The van der Waals surface area contributed by atoms with Gasteiger partial charge in [-0.3, -0.25) is 24.5 Å². The number of thiazole rings is 1. The van der Waals surface area contributed by atoms with Crippen LogP contribution in [0.3, 0.4) is 0 Å². The van der Waals surface area contributed by atoms with E-state index in [0.29, 0.717) is 47.0 Å². The Balaban J connectivity index is 1.18. The van der Waals surface area contributed by atoms with Crippen LogP contribution in [-0.2, 0) is 25.8 Å². The van der Waals surface area contributed by atoms with Crippen LogP contribution in [0.15, 0.2) is 80.1 Å². The number of β-lactam (4-membered cyclic amide) rings is 1. The zero-order chi connectivity index (χ0) is 35.5. The number of oxime groups is 1. The molecule has 2 atom stereocenters. The van der Waals surface area contributed by atoms with E-state index < -0.39 is 35.0 Å². The molecular weight excluding hydrogens is 709 g/mol. The van der Waals surface area contributed by atoms with Crippen molar-refractivity contribution in [3.8, 4) is 0 Å². The van der Waals surface area contributed by atoms with Crippen molar-refractivity contribution >= 4 is 74.9 Å². The molecule has 1 aromatic carbocycles. The van der Waals surface area contributed by atoms with Gasteiger partial charge in [0.1, 0.15) is 41.6 Å². The van der Waals surface area contributed by atoms with Crippen LogP contribution in [0.4, 0.5) is 9.52 Å². The first-order valence-electron chi connectivity index (χ1n) is 15.2. The number of allylic oxidation sites excluding steroid dienone is 4. The molecule has 2 amide bonds. The predicted octanol–water partition coefficient (Wildman–Crippen LogP) is 2.89. The molecule has 18 heteroatoms. The van der Waals surface area contributed by atoms with Crippen molar-refractivity contribution in [1.82, 2.24) is 25.4 Å². The zero-order valence-corrected chi connectivity index (χ0v) is 29.1. The van der Waals surface area contributed by atoms with Gasteiger partial charge < -0.3 is 31.2 Å². The van der Waals surface area contributed by atoms with Crippen molar-refractivity contribution in [2.24, 2.45) is 15.1 Å². The van der Waals surface area contributed by atoms with Crippen LogP contribution in [0.25, 0.3) is 0 Å². The molecule has 260 valence electrons. The van der Waals surface area contributed by atoms with Crippen molar-refractivity contribution in [3.05, 3.63) is 92.6 Å². The predicted molar refractivity (Wildman–Crippen MR) is 190 cm³/mol. The standard InChI is InChI=1S/C32H31ClFN9O5S2/c1-3-4-5-23-21(6-9-42(23)13-18-19(33)10-16(11-20(18)34)27-36-7-8-37-27)38-12-17-14-49-30-25(29(45)43(30)26(17)31(46)47)40-28(44)24(41-48-2)22-15-50-32(35)39-22/h3-6,9-11,15,25,30H,7-8,12-14H2,1-2H3,(H2,35,39)(H,36,37)(H,40,44)(H,46,47)/b4-3-,23-5?,38-21?,41-24-/t25-,30-/m1/s1. The summed E-state index contributed by atoms with van der Waals surface area (Å²) in [7, 11) is 1.27. The van der Waals surface area contributed by atoms with Gasteiger partial charge in [-0.25, -0.2) is 14.2 Å². The number of benzene rings is 1. The molecule has 6 rings (SSSR count). The molecule has 0 radical (unpaired) electrons. The van der Waals surface area contributed by atoms with E-state index >= 15 is 4.39 Å². The molecule has 1 saturated heterocycles. The first-order valence-corrected chi connectivity index (χ1v) is 17.5. The molecule has 4 aliphatic heterocycles. The molecule has 14 nitrogen and oxygen atoms in total. The third-order valence-corrected chi connectivity index (χ3v) is 10.3. The summed E-state index contributed by atoms with van der Waals surface area (Å²) in [5.41, 5.74) is 8.02. The van der Waals surface area contributed by atoms with Gasteiger partial charge >= 0.3 is 5.97 Å². The van der Waals surface area contributed by atoms with Crippen molar-refractivity contribution in [2.45, 2.75) is 24.9 Å². The van der Waals surface area contributed by atoms with E-state index in [0.717, 1.165) is 11.3 Å². The lowest BCUT2D eigenvalue weighted by atomic mass is 10.0. The minimum Gasteiger partial charge on any atom is -0.477 e. The minimum atomic E-state index is -1.29. The van der Waals surface area contributed by atoms with Crippen LogP contribution in [0.5, 0.6) is 0 Å². The fraction of sp³-hybridized carbons (Fsp3) is 0.281. The van der Waals surface area contributed by atoms with Crippen molar-refractivity contribution < 1.29 is 28.7 Å². The number of amides is 2. The number of hydrogen-bond acceptors (Lipinski definition) is 13. The lowest BCUT2D eigenvalue weighted by Crippen LogP contribution is -2.71. The number of aliphatic imine (C=N–C) groups is 2. The van der Waals surface area contributed by atoms with E-state index in [9.17, 15) is 19.5 Å². The van der Waals surface area contributed by atoms with Gasteiger partial charge in [0.25, 0.3) is 11.8 Å². The first-order chi connectivity index (χ1) is 24.1. The number of aromatic nitrogens is 1. The second-order valence-electron chi connectivity index (χ2n) is 11.1. The third kappa shape index (κ3) is 6.88. The van der Waals surface area contributed by atoms with Gasteiger partial charge in [-0.2, -0.15) is 0 Å². The van der Waals surface area contributed by atoms with Gasteiger partial charge in [0.15, 0.2) is 10.8 Å². The lowest BCUT2D eigenvalue weighted by Gasteiger charge is -2.49. The maximum absolute atomic E-state index is 15.3. The number of nitrogen functional groups attached to an aromatic ring is 1. The second kappa shape index (κ2) is 14.9. The maximum Gasteiger partial charge on any atom is 0.352 e. The molecule has 1 fully saturated rings. The molecule has 2 aromatic rings. The normalized spacial score (nSPS) is 22.0. The monoisotopic (exact) mass is 739 g/mol. The van der Waals surface area contributed by atoms with Crippen LogP contribution >= 0.6 is 34.7 Å². The largest absolute Gasteiger partial charge is 0.477 e. The number of nitrogens with two attached hydrogens (primary N) is 1. The Bertz CT molecular complexity index is 1950. The average molecular weight is 740 g/mol. The highest BCUT2D eigenvalue weighted by Gasteiger charge is 2.54. The number of carboxylic acids is 1. The first kappa shape index (κ1) is 34.8. The maximum atomic E-state index is 15.3. The van der Waals surface area contributed by atoms with Gasteiger partial charge in [0.05, 0.1) is 31.0 Å². The highest BCUT2D eigenvalue weighted by molar-refractivity contribution is 8.00. The molecule has 4 aliphatic rings. The second-order valence-corrected chi connectivity index (χ2v) is 13.5. The molecular formula is C32H31ClFN9O5S2. The average Bonchev–Trinajstić information content (AvgIpc) is 3.87. The molecule has 0 saturated carbocycles. The summed E-state index contributed by atoms with van der Waals surface area (Å²) in [6, 6.07) is 2.09. The van der Waals surface area contributed by atoms with Crippen molar-refractivity contribution in [2.75, 3.05) is 38.2 Å². The molecule has 0 unspecified atom stereocenters. The molecule has 0 aliphatic carbocycles. The number of fused-ring (bicyclic) bond motifs is 1. The van der Waals surface area contributed by atoms with Crippen molar-refractivity contribution in [1.29, 1.82) is 0 Å². The number of rotatable bonds is 11. The number of halogens is 2. The molecule has 50 heavy (non-hydrogen) atoms. The quantitative estimate of drug-likeness (QED) is 0.152. The number of anilines is 1. The van der Waals surface area contributed by atoms with Gasteiger partial charge in [0.2, 0.25) is 0 Å². The Morgan fingerprint density at radius 3 is 2.84 bits per heavy atom. The van der Waals surface area contributed by atoms with Crippen LogP contribution < -0.4 is 16.4 Å². The topological polar surface area (TPSA) is 187 Å². The summed E-state index contributed by atoms with van der Waals surface area (Å²) in [4.78, 5) is 59.7. The van der Waals surface area contributed by atoms with Crippen LogP contribution in [0.1, 0.15) is 23.7 Å². The van der Waals surface area contributed by atoms with E-state index in [1.165, 1.54) is 35.2 Å². The van der Waals surface area contributed by atoms with E-state index in [2.05, 4.69) is 25.8 Å². The third-order valence-electron chi connectivity index (χ3n) is 7.99. The van der Waals surface area contributed by atoms with E-state index in [1.807, 2.05) is 25.2 Å². The molecule has 5 heterocycles. The summed E-state index contributed by atoms with van der Waals surface area (Å²) >= 11 is 8.97. The molecule has 5 N–H and O–H groups in total. The zero-order valence-electron chi connectivity index (χ0n) is 26.7. The molecule has 1 aromatic heterocycles. The Labute approximate surface area is 299 Å². The SMILES string of the molecule is C/C=C\C=C1C(=NCC2=C(C(=O)O)N3C(=O)[C@@H](NC(=O)/C(=N\OC)c4csc(N)n4)[C@H]3SC2)C=CN1Cc1c(F)cc(C2=NCCN2)cc1Cl. The summed E-state index contributed by atoms with van der Waals surface area (Å²) < 4.78 is 15.3. The van der Waals surface area contributed by atoms with Gasteiger partial charge in [-0.05, 0) is 36.8 Å². The number of carbonyl (C=O) groups excluding carboxylic acids is 2. The Morgan fingerprint density at radius 1 is 1.36 bits per heavy atom. The number of carbonyl (C=O) groups is 3. The summed E-state index contributed by atoms with van der Waals surface area (Å²) in [5.74, 6) is -2.22. The van der Waals surface area contributed by atoms with Gasteiger partial charge in [-0.15, -0.1) is 23.1 Å². The van der Waals surface area contributed by atoms with E-state index in [4.69, 9.17) is 27.2 Å². The summed E-state index contributed by atoms with van der Waals surface area (Å²) in [5, 5.41) is 21.0. The Kier molecular flexibility index (Phi) is 10.4. The number of nitrogens with one attached hydrogen (secondary N) is 2.